The van der Waals surface area contributed by atoms with E-state index in [0.29, 0.717) is 5.92 Å². The van der Waals surface area contributed by atoms with Crippen LogP contribution < -0.4 is 10.1 Å². The molecule has 3 rings (SSSR count). The van der Waals surface area contributed by atoms with Crippen LogP contribution >= 0.6 is 11.6 Å². The van der Waals surface area contributed by atoms with Gasteiger partial charge in [0.1, 0.15) is 5.75 Å². The molecule has 2 heterocycles. The molecule has 0 spiro atoms. The number of hydrogen-bond donors (Lipinski definition) is 1. The van der Waals surface area contributed by atoms with Crippen LogP contribution in [0.2, 0.25) is 5.02 Å². The number of nitrogens with one attached hydrogen (secondary N) is 1. The normalized spacial score (nSPS) is 23.9. The van der Waals surface area contributed by atoms with Crippen LogP contribution in [0.5, 0.6) is 5.75 Å². The van der Waals surface area contributed by atoms with Crippen molar-refractivity contribution in [2.75, 3.05) is 19.7 Å². The molecule has 1 N–H and O–H groups in total. The molecule has 1 saturated heterocycles. The van der Waals surface area contributed by atoms with Crippen LogP contribution in [0.15, 0.2) is 12.1 Å². The standard InChI is InChI=1S/C12H14ClNO/c13-10-5-8-2-4-15-12(8)11(6-10)9-1-3-14-7-9/h5-6,9,14H,1-4,7H2. The summed E-state index contributed by atoms with van der Waals surface area (Å²) in [7, 11) is 0. The maximum Gasteiger partial charge on any atom is 0.126 e. The molecule has 1 unspecified atom stereocenters. The van der Waals surface area contributed by atoms with Crippen LogP contribution in [-0.2, 0) is 6.42 Å². The van der Waals surface area contributed by atoms with Crippen molar-refractivity contribution in [2.45, 2.75) is 18.8 Å². The van der Waals surface area contributed by atoms with Crippen LogP contribution in [0.1, 0.15) is 23.5 Å². The highest BCUT2D eigenvalue weighted by molar-refractivity contribution is 6.30. The molecule has 0 bridgehead atoms. The SMILES string of the molecule is Clc1cc2c(c(C3CCNC3)c1)OCC2. The highest BCUT2D eigenvalue weighted by Gasteiger charge is 2.25. The van der Waals surface area contributed by atoms with E-state index in [4.69, 9.17) is 16.3 Å². The van der Waals surface area contributed by atoms with Gasteiger partial charge in [-0.25, -0.2) is 0 Å². The Morgan fingerprint density at radius 2 is 2.33 bits per heavy atom. The summed E-state index contributed by atoms with van der Waals surface area (Å²) in [6, 6.07) is 4.11. The van der Waals surface area contributed by atoms with Gasteiger partial charge in [-0.15, -0.1) is 0 Å². The van der Waals surface area contributed by atoms with Gasteiger partial charge >= 0.3 is 0 Å². The van der Waals surface area contributed by atoms with E-state index in [9.17, 15) is 0 Å². The summed E-state index contributed by atoms with van der Waals surface area (Å²) in [5.74, 6) is 1.68. The molecule has 0 amide bonds. The largest absolute Gasteiger partial charge is 0.493 e. The molecule has 3 heteroatoms. The van der Waals surface area contributed by atoms with Gasteiger partial charge in [0.05, 0.1) is 6.61 Å². The first kappa shape index (κ1) is 9.49. The third-order valence-corrected chi connectivity index (χ3v) is 3.50. The van der Waals surface area contributed by atoms with Crippen LogP contribution in [0.4, 0.5) is 0 Å². The smallest absolute Gasteiger partial charge is 0.126 e. The lowest BCUT2D eigenvalue weighted by Crippen LogP contribution is -2.08. The van der Waals surface area contributed by atoms with Crippen LogP contribution in [0.3, 0.4) is 0 Å². The minimum absolute atomic E-state index is 0.579. The van der Waals surface area contributed by atoms with Gasteiger partial charge < -0.3 is 10.1 Å². The molecule has 0 aliphatic carbocycles. The Labute approximate surface area is 94.6 Å². The van der Waals surface area contributed by atoms with Gasteiger partial charge in [-0.3, -0.25) is 0 Å². The molecule has 2 nitrogen and oxygen atoms in total. The molecule has 15 heavy (non-hydrogen) atoms. The van der Waals surface area contributed by atoms with Gasteiger partial charge in [-0.05, 0) is 30.7 Å². The Bertz CT molecular complexity index is 385. The van der Waals surface area contributed by atoms with Crippen molar-refractivity contribution in [1.29, 1.82) is 0 Å². The predicted octanol–water partition coefficient (Wildman–Crippen LogP) is 2.35. The average Bonchev–Trinajstić information content (AvgIpc) is 2.86. The number of fused-ring (bicyclic) bond motifs is 1. The molecule has 1 fully saturated rings. The van der Waals surface area contributed by atoms with Crippen molar-refractivity contribution < 1.29 is 4.74 Å². The molecule has 2 aliphatic rings. The van der Waals surface area contributed by atoms with E-state index in [2.05, 4.69) is 11.4 Å². The molecule has 0 radical (unpaired) electrons. The second-order valence-corrected chi connectivity index (χ2v) is 4.71. The van der Waals surface area contributed by atoms with Crippen LogP contribution in [0, 0.1) is 0 Å². The molecule has 2 aliphatic heterocycles. The molecular weight excluding hydrogens is 210 g/mol. The zero-order chi connectivity index (χ0) is 10.3. The minimum Gasteiger partial charge on any atom is -0.493 e. The van der Waals surface area contributed by atoms with Gasteiger partial charge in [0.25, 0.3) is 0 Å². The highest BCUT2D eigenvalue weighted by atomic mass is 35.5. The second kappa shape index (κ2) is 3.69. The van der Waals surface area contributed by atoms with Gasteiger partial charge in [0.2, 0.25) is 0 Å². The number of hydrogen-bond acceptors (Lipinski definition) is 2. The summed E-state index contributed by atoms with van der Waals surface area (Å²) < 4.78 is 5.71. The zero-order valence-electron chi connectivity index (χ0n) is 8.55. The fraction of sp³-hybridized carbons (Fsp3) is 0.500. The summed E-state index contributed by atoms with van der Waals surface area (Å²) in [6.45, 7) is 2.96. The molecule has 1 aromatic rings. The van der Waals surface area contributed by atoms with E-state index in [-0.39, 0.29) is 0 Å². The number of halogens is 1. The highest BCUT2D eigenvalue weighted by Crippen LogP contribution is 2.38. The van der Waals surface area contributed by atoms with Crippen molar-refractivity contribution in [3.8, 4) is 5.75 Å². The van der Waals surface area contributed by atoms with E-state index < -0.39 is 0 Å². The van der Waals surface area contributed by atoms with Crippen LogP contribution in [-0.4, -0.2) is 19.7 Å². The van der Waals surface area contributed by atoms with Crippen molar-refractivity contribution in [3.05, 3.63) is 28.3 Å². The first-order chi connectivity index (χ1) is 7.34. The topological polar surface area (TPSA) is 21.3 Å². The van der Waals surface area contributed by atoms with E-state index in [1.54, 1.807) is 0 Å². The number of ether oxygens (including phenoxy) is 1. The lowest BCUT2D eigenvalue weighted by molar-refractivity contribution is 0.351. The zero-order valence-corrected chi connectivity index (χ0v) is 9.31. The fourth-order valence-corrected chi connectivity index (χ4v) is 2.77. The van der Waals surface area contributed by atoms with E-state index >= 15 is 0 Å². The van der Waals surface area contributed by atoms with Crippen molar-refractivity contribution in [2.24, 2.45) is 0 Å². The number of benzene rings is 1. The number of rotatable bonds is 1. The molecule has 80 valence electrons. The molecular formula is C12H14ClNO. The molecule has 0 aromatic heterocycles. The Morgan fingerprint density at radius 3 is 3.13 bits per heavy atom. The Morgan fingerprint density at radius 1 is 1.40 bits per heavy atom. The summed E-state index contributed by atoms with van der Waals surface area (Å²) >= 11 is 6.13. The third kappa shape index (κ3) is 1.62. The maximum atomic E-state index is 6.13. The van der Waals surface area contributed by atoms with E-state index in [1.165, 1.54) is 17.5 Å². The van der Waals surface area contributed by atoms with E-state index in [1.807, 2.05) is 6.07 Å². The van der Waals surface area contributed by atoms with Crippen molar-refractivity contribution in [1.82, 2.24) is 5.32 Å². The van der Waals surface area contributed by atoms with Gasteiger partial charge in [-0.2, -0.15) is 0 Å². The summed E-state index contributed by atoms with van der Waals surface area (Å²) in [6.07, 6.45) is 2.19. The Hall–Kier alpha value is -0.730. The average molecular weight is 224 g/mol. The van der Waals surface area contributed by atoms with Crippen molar-refractivity contribution >= 4 is 11.6 Å². The lowest BCUT2D eigenvalue weighted by Gasteiger charge is -2.14. The van der Waals surface area contributed by atoms with Crippen molar-refractivity contribution in [3.63, 3.8) is 0 Å². The quantitative estimate of drug-likeness (QED) is 0.789. The summed E-state index contributed by atoms with van der Waals surface area (Å²) in [5.41, 5.74) is 2.59. The molecule has 1 atom stereocenters. The van der Waals surface area contributed by atoms with Gasteiger partial charge in [0, 0.05) is 29.5 Å². The first-order valence-electron chi connectivity index (χ1n) is 5.50. The first-order valence-corrected chi connectivity index (χ1v) is 5.88. The van der Waals surface area contributed by atoms with Crippen LogP contribution in [0.25, 0.3) is 0 Å². The minimum atomic E-state index is 0.579. The Kier molecular flexibility index (Phi) is 2.33. The van der Waals surface area contributed by atoms with Gasteiger partial charge in [-0.1, -0.05) is 11.6 Å². The summed E-state index contributed by atoms with van der Waals surface area (Å²) in [4.78, 5) is 0. The molecule has 0 saturated carbocycles. The lowest BCUT2D eigenvalue weighted by atomic mass is 9.95. The molecule has 1 aromatic carbocycles. The fourth-order valence-electron chi connectivity index (χ4n) is 2.52. The second-order valence-electron chi connectivity index (χ2n) is 4.27. The monoisotopic (exact) mass is 223 g/mol. The maximum absolute atomic E-state index is 6.13. The summed E-state index contributed by atoms with van der Waals surface area (Å²) in [5, 5.41) is 4.23. The van der Waals surface area contributed by atoms with Gasteiger partial charge in [0.15, 0.2) is 0 Å². The predicted molar refractivity (Wildman–Crippen MR) is 60.9 cm³/mol. The Balaban J connectivity index is 2.05. The third-order valence-electron chi connectivity index (χ3n) is 3.28. The van der Waals surface area contributed by atoms with E-state index in [0.717, 1.165) is 36.9 Å².